The summed E-state index contributed by atoms with van der Waals surface area (Å²) in [6, 6.07) is 7.54. The molecule has 100 valence electrons. The zero-order chi connectivity index (χ0) is 13.6. The van der Waals surface area contributed by atoms with Crippen LogP contribution in [-0.2, 0) is 11.2 Å². The molecule has 0 aliphatic heterocycles. The van der Waals surface area contributed by atoms with E-state index in [1.165, 1.54) is 0 Å². The van der Waals surface area contributed by atoms with Gasteiger partial charge in [0.2, 0.25) is 5.91 Å². The number of carbonyl (C=O) groups excluding carboxylic acids is 1. The normalized spacial score (nSPS) is 11.1. The van der Waals surface area contributed by atoms with E-state index >= 15 is 0 Å². The van der Waals surface area contributed by atoms with Crippen LogP contribution in [0.25, 0.3) is 0 Å². The Morgan fingerprint density at radius 2 is 2.06 bits per heavy atom. The molecular formula is C13H17Br2NO2. The van der Waals surface area contributed by atoms with E-state index in [1.807, 2.05) is 31.2 Å². The molecule has 1 aromatic rings. The molecule has 0 unspecified atom stereocenters. The fraction of sp³-hybridized carbons (Fsp3) is 0.462. The molecule has 0 atom stereocenters. The third-order valence-corrected chi connectivity index (χ3v) is 5.01. The molecule has 0 bridgehead atoms. The van der Waals surface area contributed by atoms with E-state index < -0.39 is 0 Å². The van der Waals surface area contributed by atoms with Gasteiger partial charge in [-0.15, -0.1) is 0 Å². The number of ether oxygens (including phenoxy) is 1. The smallest absolute Gasteiger partial charge is 0.224 e. The van der Waals surface area contributed by atoms with Crippen molar-refractivity contribution in [3.63, 3.8) is 0 Å². The van der Waals surface area contributed by atoms with E-state index in [2.05, 4.69) is 37.2 Å². The number of amides is 1. The summed E-state index contributed by atoms with van der Waals surface area (Å²) < 4.78 is 5.13. The fourth-order valence-electron chi connectivity index (χ4n) is 1.45. The highest BCUT2D eigenvalue weighted by atomic mass is 79.9. The van der Waals surface area contributed by atoms with Crippen molar-refractivity contribution in [1.82, 2.24) is 5.32 Å². The molecule has 0 saturated heterocycles. The van der Waals surface area contributed by atoms with Crippen LogP contribution in [0.15, 0.2) is 24.3 Å². The summed E-state index contributed by atoms with van der Waals surface area (Å²) in [6.07, 6.45) is 0.354. The van der Waals surface area contributed by atoms with Gasteiger partial charge >= 0.3 is 0 Å². The van der Waals surface area contributed by atoms with E-state index in [4.69, 9.17) is 4.74 Å². The van der Waals surface area contributed by atoms with Crippen molar-refractivity contribution < 1.29 is 9.53 Å². The molecule has 5 heteroatoms. The summed E-state index contributed by atoms with van der Waals surface area (Å²) in [6.45, 7) is 1.99. The Bertz CT molecular complexity index is 406. The topological polar surface area (TPSA) is 38.3 Å². The second kappa shape index (κ2) is 7.14. The molecule has 0 saturated carbocycles. The highest BCUT2D eigenvalue weighted by molar-refractivity contribution is 9.09. The first kappa shape index (κ1) is 15.5. The van der Waals surface area contributed by atoms with Gasteiger partial charge in [-0.3, -0.25) is 4.79 Å². The predicted octanol–water partition coefficient (Wildman–Crippen LogP) is 2.90. The molecular weight excluding hydrogens is 362 g/mol. The van der Waals surface area contributed by atoms with Crippen molar-refractivity contribution in [2.24, 2.45) is 0 Å². The van der Waals surface area contributed by atoms with Gasteiger partial charge in [-0.25, -0.2) is 0 Å². The van der Waals surface area contributed by atoms with Gasteiger partial charge in [0.15, 0.2) is 0 Å². The number of methoxy groups -OCH3 is 1. The monoisotopic (exact) mass is 377 g/mol. The molecule has 0 spiro atoms. The molecule has 0 aromatic heterocycles. The largest absolute Gasteiger partial charge is 0.497 e. The lowest BCUT2D eigenvalue weighted by atomic mass is 10.1. The van der Waals surface area contributed by atoms with Crippen LogP contribution < -0.4 is 10.1 Å². The molecule has 0 fully saturated rings. The summed E-state index contributed by atoms with van der Waals surface area (Å²) in [4.78, 5) is 12.0. The first-order valence-electron chi connectivity index (χ1n) is 5.59. The van der Waals surface area contributed by atoms with Crippen molar-refractivity contribution in [1.29, 1.82) is 0 Å². The Balaban J connectivity index is 2.64. The van der Waals surface area contributed by atoms with E-state index in [0.717, 1.165) is 11.3 Å². The standard InChI is InChI=1S/C13H17Br2NO2/c1-13(8-14,9-15)16-12(17)7-10-4-3-5-11(6-10)18-2/h3-6H,7-9H2,1-2H3,(H,16,17). The molecule has 0 radical (unpaired) electrons. The molecule has 1 aromatic carbocycles. The number of hydrogen-bond donors (Lipinski definition) is 1. The first-order chi connectivity index (χ1) is 8.53. The molecule has 18 heavy (non-hydrogen) atoms. The van der Waals surface area contributed by atoms with Crippen molar-refractivity contribution >= 4 is 37.8 Å². The van der Waals surface area contributed by atoms with E-state index in [0.29, 0.717) is 17.1 Å². The Morgan fingerprint density at radius 1 is 1.39 bits per heavy atom. The summed E-state index contributed by atoms with van der Waals surface area (Å²) in [7, 11) is 1.62. The maximum absolute atomic E-state index is 12.0. The van der Waals surface area contributed by atoms with Crippen molar-refractivity contribution in [2.75, 3.05) is 17.8 Å². The molecule has 0 heterocycles. The van der Waals surface area contributed by atoms with Gasteiger partial charge in [-0.1, -0.05) is 44.0 Å². The van der Waals surface area contributed by atoms with Crippen molar-refractivity contribution in [2.45, 2.75) is 18.9 Å². The maximum atomic E-state index is 12.0. The van der Waals surface area contributed by atoms with Crippen LogP contribution in [0.1, 0.15) is 12.5 Å². The predicted molar refractivity (Wildman–Crippen MR) is 80.8 cm³/mol. The zero-order valence-electron chi connectivity index (χ0n) is 10.5. The van der Waals surface area contributed by atoms with Crippen LogP contribution in [0.4, 0.5) is 0 Å². The minimum Gasteiger partial charge on any atom is -0.497 e. The number of hydrogen-bond acceptors (Lipinski definition) is 2. The Morgan fingerprint density at radius 3 is 2.61 bits per heavy atom. The van der Waals surface area contributed by atoms with Crippen LogP contribution in [0, 0.1) is 0 Å². The number of nitrogens with one attached hydrogen (secondary N) is 1. The third kappa shape index (κ3) is 4.61. The van der Waals surface area contributed by atoms with Crippen LogP contribution in [0.5, 0.6) is 5.75 Å². The first-order valence-corrected chi connectivity index (χ1v) is 7.83. The number of rotatable bonds is 6. The van der Waals surface area contributed by atoms with Gasteiger partial charge in [0.1, 0.15) is 5.75 Å². The maximum Gasteiger partial charge on any atom is 0.224 e. The van der Waals surface area contributed by atoms with Crippen LogP contribution in [-0.4, -0.2) is 29.2 Å². The van der Waals surface area contributed by atoms with Crippen molar-refractivity contribution in [3.8, 4) is 5.75 Å². The highest BCUT2D eigenvalue weighted by Gasteiger charge is 2.23. The molecule has 1 rings (SSSR count). The Labute approximate surface area is 125 Å². The molecule has 1 N–H and O–H groups in total. The number of benzene rings is 1. The average molecular weight is 379 g/mol. The number of carbonyl (C=O) groups is 1. The quantitative estimate of drug-likeness (QED) is 0.773. The number of alkyl halides is 2. The third-order valence-electron chi connectivity index (χ3n) is 2.53. The minimum absolute atomic E-state index is 0.00431. The lowest BCUT2D eigenvalue weighted by Gasteiger charge is -2.26. The van der Waals surface area contributed by atoms with E-state index in [-0.39, 0.29) is 11.4 Å². The second-order valence-electron chi connectivity index (χ2n) is 4.40. The second-order valence-corrected chi connectivity index (χ2v) is 5.53. The van der Waals surface area contributed by atoms with Gasteiger partial charge < -0.3 is 10.1 Å². The summed E-state index contributed by atoms with van der Waals surface area (Å²) >= 11 is 6.81. The summed E-state index contributed by atoms with van der Waals surface area (Å²) in [5.74, 6) is 0.772. The number of halogens is 2. The van der Waals surface area contributed by atoms with Crippen LogP contribution in [0.3, 0.4) is 0 Å². The fourth-order valence-corrected chi connectivity index (χ4v) is 2.66. The van der Waals surface area contributed by atoms with E-state index in [9.17, 15) is 4.79 Å². The molecule has 0 aliphatic rings. The van der Waals surface area contributed by atoms with Gasteiger partial charge in [0, 0.05) is 10.7 Å². The van der Waals surface area contributed by atoms with Crippen LogP contribution in [0.2, 0.25) is 0 Å². The Kier molecular flexibility index (Phi) is 6.15. The lowest BCUT2D eigenvalue weighted by molar-refractivity contribution is -0.121. The molecule has 1 amide bonds. The minimum atomic E-state index is -0.268. The Hall–Kier alpha value is -0.550. The van der Waals surface area contributed by atoms with Gasteiger partial charge in [0.05, 0.1) is 19.1 Å². The van der Waals surface area contributed by atoms with Gasteiger partial charge in [-0.2, -0.15) is 0 Å². The summed E-state index contributed by atoms with van der Waals surface area (Å²) in [5.41, 5.74) is 0.675. The average Bonchev–Trinajstić information content (AvgIpc) is 2.38. The zero-order valence-corrected chi connectivity index (χ0v) is 13.7. The van der Waals surface area contributed by atoms with Gasteiger partial charge in [0.25, 0.3) is 0 Å². The summed E-state index contributed by atoms with van der Waals surface area (Å²) in [5, 5.41) is 4.41. The highest BCUT2D eigenvalue weighted by Crippen LogP contribution is 2.15. The molecule has 3 nitrogen and oxygen atoms in total. The lowest BCUT2D eigenvalue weighted by Crippen LogP contribution is -2.49. The molecule has 0 aliphatic carbocycles. The van der Waals surface area contributed by atoms with E-state index in [1.54, 1.807) is 7.11 Å². The van der Waals surface area contributed by atoms with Gasteiger partial charge in [-0.05, 0) is 24.6 Å². The SMILES string of the molecule is COc1cccc(CC(=O)NC(C)(CBr)CBr)c1. The van der Waals surface area contributed by atoms with Crippen LogP contribution >= 0.6 is 31.9 Å². The van der Waals surface area contributed by atoms with Crippen molar-refractivity contribution in [3.05, 3.63) is 29.8 Å².